The first-order chi connectivity index (χ1) is 31.3. The lowest BCUT2D eigenvalue weighted by Crippen LogP contribution is -2.34. The smallest absolute Gasteiger partial charge is 0.305 e. The zero-order valence-electron chi connectivity index (χ0n) is 38.3. The van der Waals surface area contributed by atoms with Gasteiger partial charge in [0.15, 0.2) is 0 Å². The molecule has 0 heterocycles. The molecule has 3 aromatic carbocycles. The summed E-state index contributed by atoms with van der Waals surface area (Å²) in [6.45, 7) is 11.5. The Labute approximate surface area is 378 Å². The highest BCUT2D eigenvalue weighted by molar-refractivity contribution is 5.69. The highest BCUT2D eigenvalue weighted by Gasteiger charge is 2.37. The summed E-state index contributed by atoms with van der Waals surface area (Å²) in [5.74, 6) is -0.138. The summed E-state index contributed by atoms with van der Waals surface area (Å²) in [4.78, 5) is 11.8. The fourth-order valence-electron chi connectivity index (χ4n) is 6.75. The number of unbranched alkanes of at least 4 members (excludes halogenated alkanes) is 8. The standard InChI is InChI=1S/C51H78O12/c1-2-3-4-5-6-7-8-9-19-26-50(52)62-45-43-60-41-39-58-37-35-56-33-31-54-29-27-53-28-30-55-32-34-57-36-38-59-40-42-61-44-46-63-51(47-20-13-10-14-21-47,48-22-15-11-16-23-48)49-24-17-12-18-25-49/h10-18,20-25H,2-9,19,26-46H2,1H3. The molecular formula is C51H78O12. The quantitative estimate of drug-likeness (QED) is 0.0308. The van der Waals surface area contributed by atoms with Crippen LogP contribution in [0.4, 0.5) is 0 Å². The number of ether oxygens (including phenoxy) is 11. The molecule has 0 aliphatic rings. The summed E-state index contributed by atoms with van der Waals surface area (Å²) in [5.41, 5.74) is 2.44. The molecule has 0 N–H and O–H groups in total. The summed E-state index contributed by atoms with van der Waals surface area (Å²) in [7, 11) is 0. The molecule has 3 aromatic rings. The normalized spacial score (nSPS) is 11.6. The van der Waals surface area contributed by atoms with Crippen LogP contribution in [0.3, 0.4) is 0 Å². The minimum Gasteiger partial charge on any atom is -0.463 e. The van der Waals surface area contributed by atoms with Crippen molar-refractivity contribution in [2.45, 2.75) is 76.7 Å². The molecule has 0 radical (unpaired) electrons. The molecule has 0 atom stereocenters. The van der Waals surface area contributed by atoms with Crippen LogP contribution in [0.2, 0.25) is 0 Å². The molecule has 0 bridgehead atoms. The van der Waals surface area contributed by atoms with Crippen LogP contribution >= 0.6 is 0 Å². The van der Waals surface area contributed by atoms with E-state index >= 15 is 0 Å². The van der Waals surface area contributed by atoms with E-state index in [1.54, 1.807) is 0 Å². The molecule has 12 heteroatoms. The molecule has 0 saturated carbocycles. The van der Waals surface area contributed by atoms with Crippen molar-refractivity contribution < 1.29 is 56.9 Å². The minimum absolute atomic E-state index is 0.138. The Morgan fingerprint density at radius 3 is 0.937 bits per heavy atom. The molecule has 0 aliphatic heterocycles. The molecule has 0 amide bonds. The summed E-state index contributed by atoms with van der Waals surface area (Å²) in [5, 5.41) is 0. The summed E-state index contributed by atoms with van der Waals surface area (Å²) < 4.78 is 62.2. The lowest BCUT2D eigenvalue weighted by molar-refractivity contribution is -0.145. The lowest BCUT2D eigenvalue weighted by Gasteiger charge is -2.36. The van der Waals surface area contributed by atoms with E-state index in [0.29, 0.717) is 132 Å². The zero-order chi connectivity index (χ0) is 44.4. The Morgan fingerprint density at radius 1 is 0.349 bits per heavy atom. The van der Waals surface area contributed by atoms with Gasteiger partial charge in [0.25, 0.3) is 0 Å². The maximum atomic E-state index is 11.8. The maximum absolute atomic E-state index is 11.8. The van der Waals surface area contributed by atoms with Gasteiger partial charge in [-0.05, 0) is 23.1 Å². The van der Waals surface area contributed by atoms with Gasteiger partial charge in [0.1, 0.15) is 12.2 Å². The largest absolute Gasteiger partial charge is 0.463 e. The Morgan fingerprint density at radius 2 is 0.619 bits per heavy atom. The second-order valence-electron chi connectivity index (χ2n) is 14.9. The number of carbonyl (C=O) groups excluding carboxylic acids is 1. The van der Waals surface area contributed by atoms with E-state index in [-0.39, 0.29) is 12.6 Å². The number of esters is 1. The predicted molar refractivity (Wildman–Crippen MR) is 245 cm³/mol. The molecule has 354 valence electrons. The SMILES string of the molecule is CCCCCCCCCCCC(=O)OCCOCCOCCOCCOCCOCCOCCOCCOCCOCCOC(c1ccccc1)(c1ccccc1)c1ccccc1. The molecule has 0 aliphatic carbocycles. The van der Waals surface area contributed by atoms with Crippen LogP contribution in [-0.4, -0.2) is 138 Å². The Balaban J connectivity index is 1.00. The van der Waals surface area contributed by atoms with E-state index < -0.39 is 5.60 Å². The zero-order valence-corrected chi connectivity index (χ0v) is 38.3. The maximum Gasteiger partial charge on any atom is 0.305 e. The molecule has 0 unspecified atom stereocenters. The minimum atomic E-state index is -0.756. The third kappa shape index (κ3) is 26.3. The van der Waals surface area contributed by atoms with E-state index in [1.165, 1.54) is 44.9 Å². The average Bonchev–Trinajstić information content (AvgIpc) is 3.32. The van der Waals surface area contributed by atoms with Crippen LogP contribution in [0, 0.1) is 0 Å². The van der Waals surface area contributed by atoms with Gasteiger partial charge in [-0.1, -0.05) is 149 Å². The van der Waals surface area contributed by atoms with Crippen molar-refractivity contribution in [3.05, 3.63) is 108 Å². The monoisotopic (exact) mass is 883 g/mol. The molecule has 0 aromatic heterocycles. The average molecular weight is 883 g/mol. The summed E-state index contributed by atoms with van der Waals surface area (Å²) >= 11 is 0. The van der Waals surface area contributed by atoms with Gasteiger partial charge in [-0.3, -0.25) is 4.79 Å². The first kappa shape index (κ1) is 54.1. The predicted octanol–water partition coefficient (Wildman–Crippen LogP) is 8.61. The van der Waals surface area contributed by atoms with Gasteiger partial charge in [0, 0.05) is 6.42 Å². The number of benzene rings is 3. The van der Waals surface area contributed by atoms with Crippen molar-refractivity contribution in [1.29, 1.82) is 0 Å². The Kier molecular flexibility index (Phi) is 33.6. The van der Waals surface area contributed by atoms with Crippen LogP contribution < -0.4 is 0 Å². The highest BCUT2D eigenvalue weighted by Crippen LogP contribution is 2.40. The Bertz CT molecular complexity index is 1340. The number of hydrogen-bond donors (Lipinski definition) is 0. The van der Waals surface area contributed by atoms with E-state index in [2.05, 4.69) is 43.3 Å². The van der Waals surface area contributed by atoms with Crippen LogP contribution in [0.5, 0.6) is 0 Å². The fraction of sp³-hybridized carbons (Fsp3) is 0.627. The van der Waals surface area contributed by atoms with E-state index in [4.69, 9.17) is 52.1 Å². The third-order valence-corrected chi connectivity index (χ3v) is 10.0. The fourth-order valence-corrected chi connectivity index (χ4v) is 6.75. The van der Waals surface area contributed by atoms with Crippen molar-refractivity contribution in [2.24, 2.45) is 0 Å². The first-order valence-electron chi connectivity index (χ1n) is 23.4. The van der Waals surface area contributed by atoms with Gasteiger partial charge in [-0.15, -0.1) is 0 Å². The molecule has 0 spiro atoms. The van der Waals surface area contributed by atoms with Gasteiger partial charge >= 0.3 is 5.97 Å². The Hall–Kier alpha value is -3.27. The van der Waals surface area contributed by atoms with Crippen molar-refractivity contribution in [1.82, 2.24) is 0 Å². The van der Waals surface area contributed by atoms with Gasteiger partial charge in [0.05, 0.1) is 126 Å². The van der Waals surface area contributed by atoms with Gasteiger partial charge < -0.3 is 52.1 Å². The van der Waals surface area contributed by atoms with Crippen molar-refractivity contribution in [3.63, 3.8) is 0 Å². The van der Waals surface area contributed by atoms with Crippen LogP contribution in [0.1, 0.15) is 87.8 Å². The van der Waals surface area contributed by atoms with Gasteiger partial charge in [-0.2, -0.15) is 0 Å². The van der Waals surface area contributed by atoms with Crippen molar-refractivity contribution >= 4 is 5.97 Å². The third-order valence-electron chi connectivity index (χ3n) is 10.0. The van der Waals surface area contributed by atoms with Crippen molar-refractivity contribution in [2.75, 3.05) is 132 Å². The van der Waals surface area contributed by atoms with Gasteiger partial charge in [0.2, 0.25) is 0 Å². The second-order valence-corrected chi connectivity index (χ2v) is 14.9. The van der Waals surface area contributed by atoms with E-state index in [9.17, 15) is 4.79 Å². The number of carbonyl (C=O) groups is 1. The summed E-state index contributed by atoms with van der Waals surface area (Å²) in [6, 6.07) is 31.0. The topological polar surface area (TPSA) is 119 Å². The summed E-state index contributed by atoms with van der Waals surface area (Å²) in [6.07, 6.45) is 11.6. The number of rotatable bonds is 44. The molecule has 3 rings (SSSR count). The molecule has 0 fully saturated rings. The first-order valence-corrected chi connectivity index (χ1v) is 23.4. The highest BCUT2D eigenvalue weighted by atomic mass is 16.6. The van der Waals surface area contributed by atoms with Crippen LogP contribution in [-0.2, 0) is 62.5 Å². The van der Waals surface area contributed by atoms with Gasteiger partial charge in [-0.25, -0.2) is 0 Å². The molecule has 0 saturated heterocycles. The molecule has 12 nitrogen and oxygen atoms in total. The molecule has 63 heavy (non-hydrogen) atoms. The molecular weight excluding hydrogens is 805 g/mol. The van der Waals surface area contributed by atoms with Crippen molar-refractivity contribution in [3.8, 4) is 0 Å². The van der Waals surface area contributed by atoms with E-state index in [1.807, 2.05) is 54.6 Å². The van der Waals surface area contributed by atoms with Crippen LogP contribution in [0.15, 0.2) is 91.0 Å². The second kappa shape index (κ2) is 39.1. The number of hydrogen-bond acceptors (Lipinski definition) is 12. The van der Waals surface area contributed by atoms with E-state index in [0.717, 1.165) is 29.5 Å². The van der Waals surface area contributed by atoms with Crippen LogP contribution in [0.25, 0.3) is 0 Å². The lowest BCUT2D eigenvalue weighted by atomic mass is 9.80.